The Kier molecular flexibility index (Phi) is 7.24. The molecule has 160 valence electrons. The van der Waals surface area contributed by atoms with Crippen molar-refractivity contribution in [1.82, 2.24) is 10.3 Å². The average Bonchev–Trinajstić information content (AvgIpc) is 2.85. The number of carbonyl (C=O) groups excluding carboxylic acids is 1. The highest BCUT2D eigenvalue weighted by molar-refractivity contribution is 6.04. The quantitative estimate of drug-likeness (QED) is 0.351. The van der Waals surface area contributed by atoms with Gasteiger partial charge in [0.05, 0.1) is 0 Å². The molecule has 0 atom stereocenters. The zero-order valence-corrected chi connectivity index (χ0v) is 17.7. The van der Waals surface area contributed by atoms with Gasteiger partial charge >= 0.3 is 0 Å². The molecule has 5 nitrogen and oxygen atoms in total. The van der Waals surface area contributed by atoms with Gasteiger partial charge in [-0.2, -0.15) is 0 Å². The number of amides is 1. The number of nitrogens with zero attached hydrogens (tertiary/aromatic N) is 1. The van der Waals surface area contributed by atoms with Crippen molar-refractivity contribution in [3.8, 4) is 11.5 Å². The van der Waals surface area contributed by atoms with E-state index >= 15 is 0 Å². The number of pyridine rings is 1. The minimum absolute atomic E-state index is 0.171. The molecule has 4 rings (SSSR count). The van der Waals surface area contributed by atoms with Gasteiger partial charge in [0.2, 0.25) is 0 Å². The van der Waals surface area contributed by atoms with E-state index in [4.69, 9.17) is 4.74 Å². The zero-order valence-electron chi connectivity index (χ0n) is 17.7. The summed E-state index contributed by atoms with van der Waals surface area (Å²) in [5.74, 6) is 1.32. The normalized spacial score (nSPS) is 10.5. The van der Waals surface area contributed by atoms with Crippen LogP contribution in [0.5, 0.6) is 11.5 Å². The van der Waals surface area contributed by atoms with Gasteiger partial charge in [0.15, 0.2) is 0 Å². The summed E-state index contributed by atoms with van der Waals surface area (Å²) in [6, 6.07) is 29.2. The number of rotatable bonds is 9. The fraction of sp³-hybridized carbons (Fsp3) is 0.111. The molecule has 0 aliphatic heterocycles. The number of carbonyl (C=O) groups is 1. The summed E-state index contributed by atoms with van der Waals surface area (Å²) < 4.78 is 5.92. The topological polar surface area (TPSA) is 63.2 Å². The van der Waals surface area contributed by atoms with Crippen molar-refractivity contribution in [3.05, 3.63) is 120 Å². The van der Waals surface area contributed by atoms with Gasteiger partial charge in [0.1, 0.15) is 11.5 Å². The summed E-state index contributed by atoms with van der Waals surface area (Å²) in [6.45, 7) is 1.79. The smallest absolute Gasteiger partial charge is 0.255 e. The zero-order chi connectivity index (χ0) is 22.0. The first-order valence-electron chi connectivity index (χ1n) is 10.6. The van der Waals surface area contributed by atoms with E-state index in [1.807, 2.05) is 42.5 Å². The summed E-state index contributed by atoms with van der Waals surface area (Å²) in [7, 11) is 0. The average molecular weight is 424 g/mol. The molecule has 1 heterocycles. The first-order chi connectivity index (χ1) is 15.8. The number of nitrogens with one attached hydrogen (secondary N) is 2. The van der Waals surface area contributed by atoms with Crippen molar-refractivity contribution in [2.45, 2.75) is 13.0 Å². The minimum atomic E-state index is -0.171. The maximum atomic E-state index is 12.2. The minimum Gasteiger partial charge on any atom is -0.457 e. The third-order valence-electron chi connectivity index (χ3n) is 4.98. The van der Waals surface area contributed by atoms with Crippen molar-refractivity contribution in [2.24, 2.45) is 0 Å². The lowest BCUT2D eigenvalue weighted by Crippen LogP contribution is -2.16. The maximum Gasteiger partial charge on any atom is 0.255 e. The second-order valence-corrected chi connectivity index (χ2v) is 7.37. The number of hydrogen-bond acceptors (Lipinski definition) is 4. The third kappa shape index (κ3) is 6.27. The summed E-state index contributed by atoms with van der Waals surface area (Å²) in [5, 5.41) is 6.33. The largest absolute Gasteiger partial charge is 0.457 e. The van der Waals surface area contributed by atoms with Crippen LogP contribution in [0.15, 0.2) is 103 Å². The molecule has 0 aliphatic rings. The second-order valence-electron chi connectivity index (χ2n) is 7.37. The molecular weight excluding hydrogens is 398 g/mol. The fourth-order valence-corrected chi connectivity index (χ4v) is 3.23. The van der Waals surface area contributed by atoms with E-state index in [0.29, 0.717) is 17.0 Å². The lowest BCUT2D eigenvalue weighted by Gasteiger charge is -2.09. The summed E-state index contributed by atoms with van der Waals surface area (Å²) in [6.07, 6.45) is 4.15. The van der Waals surface area contributed by atoms with Gasteiger partial charge in [-0.05, 0) is 72.6 Å². The van der Waals surface area contributed by atoms with Crippen LogP contribution in [-0.2, 0) is 13.0 Å². The number of hydrogen-bond donors (Lipinski definition) is 2. The Balaban J connectivity index is 1.24. The van der Waals surface area contributed by atoms with Crippen LogP contribution in [0.4, 0.5) is 5.69 Å². The molecule has 0 aliphatic carbocycles. The van der Waals surface area contributed by atoms with Crippen molar-refractivity contribution < 1.29 is 9.53 Å². The first kappa shape index (κ1) is 21.3. The second kappa shape index (κ2) is 10.9. The molecule has 1 aromatic heterocycles. The van der Waals surface area contributed by atoms with E-state index in [-0.39, 0.29) is 5.91 Å². The van der Waals surface area contributed by atoms with E-state index in [0.717, 1.165) is 25.3 Å². The van der Waals surface area contributed by atoms with E-state index in [9.17, 15) is 4.79 Å². The highest BCUT2D eigenvalue weighted by atomic mass is 16.5. The van der Waals surface area contributed by atoms with Crippen LogP contribution >= 0.6 is 0 Å². The van der Waals surface area contributed by atoms with Crippen LogP contribution in [0, 0.1) is 0 Å². The van der Waals surface area contributed by atoms with Gasteiger partial charge in [-0.15, -0.1) is 0 Å². The molecule has 5 heteroatoms. The predicted molar refractivity (Wildman–Crippen MR) is 127 cm³/mol. The number of benzene rings is 3. The van der Waals surface area contributed by atoms with Gasteiger partial charge in [0.25, 0.3) is 5.91 Å². The van der Waals surface area contributed by atoms with Gasteiger partial charge in [-0.1, -0.05) is 42.5 Å². The van der Waals surface area contributed by atoms with Gasteiger partial charge < -0.3 is 15.4 Å². The van der Waals surface area contributed by atoms with Crippen LogP contribution < -0.4 is 15.4 Å². The highest BCUT2D eigenvalue weighted by Crippen LogP contribution is 2.23. The number of anilines is 1. The molecule has 0 unspecified atom stereocenters. The molecule has 0 saturated carbocycles. The van der Waals surface area contributed by atoms with E-state index < -0.39 is 0 Å². The van der Waals surface area contributed by atoms with Crippen molar-refractivity contribution in [3.63, 3.8) is 0 Å². The Morgan fingerprint density at radius 1 is 0.750 bits per heavy atom. The van der Waals surface area contributed by atoms with Crippen LogP contribution in [0.25, 0.3) is 0 Å². The van der Waals surface area contributed by atoms with Crippen LogP contribution in [0.3, 0.4) is 0 Å². The van der Waals surface area contributed by atoms with Crippen molar-refractivity contribution in [2.75, 3.05) is 11.9 Å². The molecule has 0 saturated heterocycles. The summed E-state index contributed by atoms with van der Waals surface area (Å²) >= 11 is 0. The lowest BCUT2D eigenvalue weighted by atomic mass is 10.1. The van der Waals surface area contributed by atoms with Crippen molar-refractivity contribution in [1.29, 1.82) is 0 Å². The number of aromatic nitrogens is 1. The molecule has 2 N–H and O–H groups in total. The van der Waals surface area contributed by atoms with E-state index in [1.54, 1.807) is 24.5 Å². The van der Waals surface area contributed by atoms with E-state index in [2.05, 4.69) is 52.0 Å². The maximum absolute atomic E-state index is 12.2. The molecular formula is C27H25N3O2. The lowest BCUT2D eigenvalue weighted by molar-refractivity contribution is 0.102. The molecule has 3 aromatic carbocycles. The van der Waals surface area contributed by atoms with Crippen LogP contribution in [0.1, 0.15) is 21.5 Å². The predicted octanol–water partition coefficient (Wildman–Crippen LogP) is 5.46. The molecule has 4 aromatic rings. The SMILES string of the molecule is O=C(Nc1ccc(Oc2ccc(CCNCc3ccccc3)cc2)cc1)c1ccncc1. The highest BCUT2D eigenvalue weighted by Gasteiger charge is 2.06. The third-order valence-corrected chi connectivity index (χ3v) is 4.98. The molecule has 32 heavy (non-hydrogen) atoms. The standard InChI is InChI=1S/C27H25N3O2/c31-27(23-15-18-28-19-16-23)30-24-8-12-26(13-9-24)32-25-10-6-21(7-11-25)14-17-29-20-22-4-2-1-3-5-22/h1-13,15-16,18-19,29H,14,17,20H2,(H,30,31). The van der Waals surface area contributed by atoms with E-state index in [1.165, 1.54) is 11.1 Å². The van der Waals surface area contributed by atoms with Gasteiger partial charge in [-0.3, -0.25) is 9.78 Å². The Bertz CT molecular complexity index is 1110. The summed E-state index contributed by atoms with van der Waals surface area (Å²) in [5.41, 5.74) is 3.82. The molecule has 0 bridgehead atoms. The Morgan fingerprint density at radius 2 is 1.41 bits per heavy atom. The monoisotopic (exact) mass is 423 g/mol. The van der Waals surface area contributed by atoms with Crippen LogP contribution in [-0.4, -0.2) is 17.4 Å². The molecule has 0 fully saturated rings. The molecule has 1 amide bonds. The molecule has 0 spiro atoms. The fourth-order valence-electron chi connectivity index (χ4n) is 3.23. The van der Waals surface area contributed by atoms with Gasteiger partial charge in [0, 0.05) is 30.2 Å². The van der Waals surface area contributed by atoms with Gasteiger partial charge in [-0.25, -0.2) is 0 Å². The van der Waals surface area contributed by atoms with Crippen molar-refractivity contribution >= 4 is 11.6 Å². The summed E-state index contributed by atoms with van der Waals surface area (Å²) in [4.78, 5) is 16.1. The van der Waals surface area contributed by atoms with Crippen LogP contribution in [0.2, 0.25) is 0 Å². The number of ether oxygens (including phenoxy) is 1. The molecule has 0 radical (unpaired) electrons. The Hall–Kier alpha value is -3.96. The Morgan fingerprint density at radius 3 is 2.09 bits per heavy atom. The Labute approximate surface area is 188 Å². The first-order valence-corrected chi connectivity index (χ1v) is 10.6.